The minimum absolute atomic E-state index is 0.0153. The number of carbonyl (C=O) groups is 1. The van der Waals surface area contributed by atoms with Gasteiger partial charge < -0.3 is 15.8 Å². The molecule has 1 amide bonds. The first kappa shape index (κ1) is 15.4. The molecule has 0 saturated carbocycles. The van der Waals surface area contributed by atoms with Crippen LogP contribution in [0.5, 0.6) is 0 Å². The second-order valence-electron chi connectivity index (χ2n) is 4.56. The number of nitrogen functional groups attached to an aromatic ring is 1. The Hall–Kier alpha value is -1.62. The third kappa shape index (κ3) is 4.87. The van der Waals surface area contributed by atoms with E-state index in [2.05, 4.69) is 17.2 Å². The normalized spacial score (nSPS) is 12.2. The van der Waals surface area contributed by atoms with Crippen LogP contribution < -0.4 is 11.1 Å². The second-order valence-corrected chi connectivity index (χ2v) is 4.56. The van der Waals surface area contributed by atoms with E-state index in [1.807, 2.05) is 6.92 Å². The molecule has 0 aromatic carbocycles. The SMILES string of the molecule is CCCc1cc(C(=O)NC(CC)COC)cc(N)n1. The molecular weight excluding hydrogens is 242 g/mol. The molecule has 0 aliphatic carbocycles. The standard InChI is InChI=1S/C14H23N3O2/c1-4-6-12-7-10(8-13(15)16-12)14(18)17-11(5-2)9-19-3/h7-8,11H,4-6,9H2,1-3H3,(H2,15,16)(H,17,18). The first-order valence-electron chi connectivity index (χ1n) is 6.66. The predicted octanol–water partition coefficient (Wildman–Crippen LogP) is 1.77. The van der Waals surface area contributed by atoms with Crippen molar-refractivity contribution in [3.8, 4) is 0 Å². The molecular formula is C14H23N3O2. The van der Waals surface area contributed by atoms with Gasteiger partial charge in [-0.15, -0.1) is 0 Å². The van der Waals surface area contributed by atoms with E-state index in [4.69, 9.17) is 10.5 Å². The molecule has 0 fully saturated rings. The molecule has 1 unspecified atom stereocenters. The molecule has 1 aromatic heterocycles. The average molecular weight is 265 g/mol. The van der Waals surface area contributed by atoms with E-state index >= 15 is 0 Å². The summed E-state index contributed by atoms with van der Waals surface area (Å²) in [7, 11) is 1.62. The van der Waals surface area contributed by atoms with Crippen LogP contribution in [-0.2, 0) is 11.2 Å². The van der Waals surface area contributed by atoms with E-state index in [9.17, 15) is 4.79 Å². The number of aromatic nitrogens is 1. The molecule has 0 aliphatic rings. The first-order valence-corrected chi connectivity index (χ1v) is 6.66. The molecule has 0 bridgehead atoms. The van der Waals surface area contributed by atoms with Gasteiger partial charge in [-0.2, -0.15) is 0 Å². The third-order valence-corrected chi connectivity index (χ3v) is 2.86. The predicted molar refractivity (Wildman–Crippen MR) is 76.1 cm³/mol. The second kappa shape index (κ2) is 7.74. The fraction of sp³-hybridized carbons (Fsp3) is 0.571. The summed E-state index contributed by atoms with van der Waals surface area (Å²) in [5.74, 6) is 0.256. The minimum Gasteiger partial charge on any atom is -0.384 e. The Labute approximate surface area is 114 Å². The summed E-state index contributed by atoms with van der Waals surface area (Å²) in [6.45, 7) is 4.58. The van der Waals surface area contributed by atoms with Gasteiger partial charge in [-0.3, -0.25) is 4.79 Å². The topological polar surface area (TPSA) is 77.2 Å². The maximum atomic E-state index is 12.1. The van der Waals surface area contributed by atoms with Crippen molar-refractivity contribution in [1.29, 1.82) is 0 Å². The number of nitrogens with zero attached hydrogens (tertiary/aromatic N) is 1. The van der Waals surface area contributed by atoms with Crippen molar-refractivity contribution in [3.63, 3.8) is 0 Å². The lowest BCUT2D eigenvalue weighted by Gasteiger charge is -2.16. The zero-order valence-corrected chi connectivity index (χ0v) is 11.9. The lowest BCUT2D eigenvalue weighted by atomic mass is 10.1. The van der Waals surface area contributed by atoms with Crippen molar-refractivity contribution in [1.82, 2.24) is 10.3 Å². The van der Waals surface area contributed by atoms with E-state index < -0.39 is 0 Å². The summed E-state index contributed by atoms with van der Waals surface area (Å²) in [5, 5.41) is 2.93. The van der Waals surface area contributed by atoms with Crippen LogP contribution in [0.15, 0.2) is 12.1 Å². The summed E-state index contributed by atoms with van der Waals surface area (Å²) >= 11 is 0. The Morgan fingerprint density at radius 1 is 1.47 bits per heavy atom. The number of amides is 1. The zero-order chi connectivity index (χ0) is 14.3. The molecule has 5 nitrogen and oxygen atoms in total. The van der Waals surface area contributed by atoms with Gasteiger partial charge in [0.1, 0.15) is 5.82 Å². The number of pyridine rings is 1. The third-order valence-electron chi connectivity index (χ3n) is 2.86. The maximum Gasteiger partial charge on any atom is 0.251 e. The highest BCUT2D eigenvalue weighted by molar-refractivity contribution is 5.95. The van der Waals surface area contributed by atoms with Gasteiger partial charge in [0, 0.05) is 18.4 Å². The number of hydrogen-bond donors (Lipinski definition) is 2. The molecule has 0 saturated heterocycles. The highest BCUT2D eigenvalue weighted by Crippen LogP contribution is 2.10. The molecule has 0 spiro atoms. The Bertz CT molecular complexity index is 421. The first-order chi connectivity index (χ1) is 9.10. The van der Waals surface area contributed by atoms with Crippen molar-refractivity contribution < 1.29 is 9.53 Å². The van der Waals surface area contributed by atoms with Crippen molar-refractivity contribution in [2.24, 2.45) is 0 Å². The molecule has 106 valence electrons. The number of aryl methyl sites for hydroxylation is 1. The fourth-order valence-corrected chi connectivity index (χ4v) is 1.86. The van der Waals surface area contributed by atoms with E-state index in [0.29, 0.717) is 18.0 Å². The van der Waals surface area contributed by atoms with Crippen LogP contribution in [0.3, 0.4) is 0 Å². The van der Waals surface area contributed by atoms with Gasteiger partial charge in [0.25, 0.3) is 5.91 Å². The van der Waals surface area contributed by atoms with Crippen molar-refractivity contribution in [2.45, 2.75) is 39.2 Å². The number of nitrogens with one attached hydrogen (secondary N) is 1. The molecule has 5 heteroatoms. The Kier molecular flexibility index (Phi) is 6.29. The van der Waals surface area contributed by atoms with Crippen LogP contribution in [-0.4, -0.2) is 30.6 Å². The highest BCUT2D eigenvalue weighted by Gasteiger charge is 2.13. The summed E-state index contributed by atoms with van der Waals surface area (Å²) < 4.78 is 5.07. The maximum absolute atomic E-state index is 12.1. The number of anilines is 1. The zero-order valence-electron chi connectivity index (χ0n) is 11.9. The average Bonchev–Trinajstić information content (AvgIpc) is 2.37. The summed E-state index contributed by atoms with van der Waals surface area (Å²) in [6.07, 6.45) is 2.61. The van der Waals surface area contributed by atoms with Gasteiger partial charge >= 0.3 is 0 Å². The van der Waals surface area contributed by atoms with Gasteiger partial charge in [0.15, 0.2) is 0 Å². The van der Waals surface area contributed by atoms with Crippen molar-refractivity contribution >= 4 is 11.7 Å². The molecule has 1 aromatic rings. The van der Waals surface area contributed by atoms with Gasteiger partial charge in [-0.1, -0.05) is 20.3 Å². The number of rotatable bonds is 7. The van der Waals surface area contributed by atoms with Gasteiger partial charge in [-0.25, -0.2) is 4.98 Å². The number of hydrogen-bond acceptors (Lipinski definition) is 4. The Morgan fingerprint density at radius 2 is 2.21 bits per heavy atom. The van der Waals surface area contributed by atoms with Gasteiger partial charge in [0.05, 0.1) is 12.6 Å². The van der Waals surface area contributed by atoms with Crippen LogP contribution in [0, 0.1) is 0 Å². The van der Waals surface area contributed by atoms with E-state index in [-0.39, 0.29) is 11.9 Å². The van der Waals surface area contributed by atoms with Crippen molar-refractivity contribution in [2.75, 3.05) is 19.5 Å². The number of nitrogens with two attached hydrogens (primary N) is 1. The van der Waals surface area contributed by atoms with Crippen molar-refractivity contribution in [3.05, 3.63) is 23.4 Å². The lowest BCUT2D eigenvalue weighted by Crippen LogP contribution is -2.37. The van der Waals surface area contributed by atoms with Crippen LogP contribution in [0.4, 0.5) is 5.82 Å². The van der Waals surface area contributed by atoms with E-state index in [0.717, 1.165) is 25.0 Å². The van der Waals surface area contributed by atoms with Crippen LogP contribution in [0.1, 0.15) is 42.7 Å². The summed E-state index contributed by atoms with van der Waals surface area (Å²) in [5.41, 5.74) is 7.15. The molecule has 19 heavy (non-hydrogen) atoms. The number of methoxy groups -OCH3 is 1. The monoisotopic (exact) mass is 265 g/mol. The van der Waals surface area contributed by atoms with Gasteiger partial charge in [0.2, 0.25) is 0 Å². The molecule has 1 atom stereocenters. The molecule has 3 N–H and O–H groups in total. The lowest BCUT2D eigenvalue weighted by molar-refractivity contribution is 0.0894. The number of ether oxygens (including phenoxy) is 1. The molecule has 1 rings (SSSR count). The van der Waals surface area contributed by atoms with Gasteiger partial charge in [-0.05, 0) is 25.0 Å². The number of carbonyl (C=O) groups excluding carboxylic acids is 1. The Morgan fingerprint density at radius 3 is 2.79 bits per heavy atom. The fourth-order valence-electron chi connectivity index (χ4n) is 1.86. The smallest absolute Gasteiger partial charge is 0.251 e. The minimum atomic E-state index is -0.129. The van der Waals surface area contributed by atoms with Crippen LogP contribution >= 0.6 is 0 Å². The largest absolute Gasteiger partial charge is 0.384 e. The van der Waals surface area contributed by atoms with E-state index in [1.54, 1.807) is 19.2 Å². The molecule has 1 heterocycles. The quantitative estimate of drug-likeness (QED) is 0.787. The molecule has 0 aliphatic heterocycles. The van der Waals surface area contributed by atoms with E-state index in [1.165, 1.54) is 0 Å². The summed E-state index contributed by atoms with van der Waals surface area (Å²) in [6, 6.07) is 3.42. The van der Waals surface area contributed by atoms with Crippen LogP contribution in [0.2, 0.25) is 0 Å². The Balaban J connectivity index is 2.80. The molecule has 0 radical (unpaired) electrons. The summed E-state index contributed by atoms with van der Waals surface area (Å²) in [4.78, 5) is 16.4. The van der Waals surface area contributed by atoms with Crippen LogP contribution in [0.25, 0.3) is 0 Å². The highest BCUT2D eigenvalue weighted by atomic mass is 16.5.